The molecule has 1 aliphatic rings. The van der Waals surface area contributed by atoms with Crippen molar-refractivity contribution in [3.8, 4) is 0 Å². The van der Waals surface area contributed by atoms with Gasteiger partial charge in [0.05, 0.1) is 13.0 Å². The van der Waals surface area contributed by atoms with Gasteiger partial charge < -0.3 is 10.1 Å². The Bertz CT molecular complexity index is 222. The summed E-state index contributed by atoms with van der Waals surface area (Å²) in [5.74, 6) is 1.61. The Hall–Kier alpha value is -0.570. The number of esters is 1. The molecule has 0 aromatic carbocycles. The molecule has 0 spiro atoms. The molecule has 17 heavy (non-hydrogen) atoms. The molecule has 0 amide bonds. The predicted octanol–water partition coefficient (Wildman–Crippen LogP) is 2.60. The summed E-state index contributed by atoms with van der Waals surface area (Å²) in [5.41, 5.74) is 0. The molecule has 1 unspecified atom stereocenters. The van der Waals surface area contributed by atoms with Crippen molar-refractivity contribution in [2.75, 3.05) is 20.2 Å². The van der Waals surface area contributed by atoms with Gasteiger partial charge in [0.1, 0.15) is 0 Å². The minimum Gasteiger partial charge on any atom is -0.469 e. The second kappa shape index (κ2) is 7.70. The van der Waals surface area contributed by atoms with Crippen LogP contribution in [0.25, 0.3) is 0 Å². The zero-order valence-electron chi connectivity index (χ0n) is 11.5. The molecule has 0 heterocycles. The van der Waals surface area contributed by atoms with Crippen LogP contribution in [0.2, 0.25) is 0 Å². The lowest BCUT2D eigenvalue weighted by Gasteiger charge is -2.28. The maximum atomic E-state index is 11.2. The standard InChI is InChI=1S/C14H27NO2/c1-4-12-5-7-13(8-6-12)10-15-9-11(2)14(16)17-3/h11-13,15H,4-10H2,1-3H3. The van der Waals surface area contributed by atoms with Gasteiger partial charge >= 0.3 is 5.97 Å². The van der Waals surface area contributed by atoms with E-state index in [0.717, 1.165) is 24.9 Å². The maximum Gasteiger partial charge on any atom is 0.309 e. The van der Waals surface area contributed by atoms with Crippen LogP contribution in [-0.4, -0.2) is 26.2 Å². The van der Waals surface area contributed by atoms with Gasteiger partial charge in [-0.2, -0.15) is 0 Å². The van der Waals surface area contributed by atoms with E-state index < -0.39 is 0 Å². The van der Waals surface area contributed by atoms with Gasteiger partial charge in [-0.1, -0.05) is 33.1 Å². The molecular weight excluding hydrogens is 214 g/mol. The highest BCUT2D eigenvalue weighted by Crippen LogP contribution is 2.30. The van der Waals surface area contributed by atoms with Crippen LogP contribution in [0, 0.1) is 17.8 Å². The van der Waals surface area contributed by atoms with E-state index in [-0.39, 0.29) is 11.9 Å². The molecule has 1 rings (SSSR count). The molecule has 0 radical (unpaired) electrons. The average molecular weight is 241 g/mol. The van der Waals surface area contributed by atoms with Crippen molar-refractivity contribution < 1.29 is 9.53 Å². The van der Waals surface area contributed by atoms with E-state index in [0.29, 0.717) is 0 Å². The van der Waals surface area contributed by atoms with Gasteiger partial charge in [-0.3, -0.25) is 4.79 Å². The van der Waals surface area contributed by atoms with Crippen molar-refractivity contribution in [2.45, 2.75) is 46.0 Å². The molecule has 0 bridgehead atoms. The Kier molecular flexibility index (Phi) is 6.56. The van der Waals surface area contributed by atoms with Crippen LogP contribution in [0.5, 0.6) is 0 Å². The first-order chi connectivity index (χ1) is 8.17. The molecular formula is C14H27NO2. The Balaban J connectivity index is 2.09. The second-order valence-electron chi connectivity index (χ2n) is 5.38. The van der Waals surface area contributed by atoms with Crippen LogP contribution in [0.1, 0.15) is 46.0 Å². The number of carbonyl (C=O) groups is 1. The lowest BCUT2D eigenvalue weighted by atomic mass is 9.81. The highest BCUT2D eigenvalue weighted by Gasteiger charge is 2.20. The van der Waals surface area contributed by atoms with Gasteiger partial charge in [0.15, 0.2) is 0 Å². The summed E-state index contributed by atoms with van der Waals surface area (Å²) < 4.78 is 4.70. The quantitative estimate of drug-likeness (QED) is 0.726. The SMILES string of the molecule is CCC1CCC(CNCC(C)C(=O)OC)CC1. The molecule has 0 aromatic rings. The maximum absolute atomic E-state index is 11.2. The van der Waals surface area contributed by atoms with Gasteiger partial charge in [0.25, 0.3) is 0 Å². The van der Waals surface area contributed by atoms with Gasteiger partial charge in [-0.15, -0.1) is 0 Å². The smallest absolute Gasteiger partial charge is 0.309 e. The number of nitrogens with one attached hydrogen (secondary N) is 1. The van der Waals surface area contributed by atoms with E-state index in [9.17, 15) is 4.79 Å². The van der Waals surface area contributed by atoms with Gasteiger partial charge in [0, 0.05) is 6.54 Å². The van der Waals surface area contributed by atoms with Crippen molar-refractivity contribution >= 4 is 5.97 Å². The molecule has 1 aliphatic carbocycles. The highest BCUT2D eigenvalue weighted by molar-refractivity contribution is 5.71. The van der Waals surface area contributed by atoms with E-state index in [1.165, 1.54) is 39.2 Å². The highest BCUT2D eigenvalue weighted by atomic mass is 16.5. The molecule has 3 heteroatoms. The van der Waals surface area contributed by atoms with Crippen molar-refractivity contribution in [3.05, 3.63) is 0 Å². The summed E-state index contributed by atoms with van der Waals surface area (Å²) in [4.78, 5) is 11.2. The molecule has 1 saturated carbocycles. The molecule has 1 N–H and O–H groups in total. The third-order valence-electron chi connectivity index (χ3n) is 4.03. The van der Waals surface area contributed by atoms with E-state index in [1.807, 2.05) is 6.92 Å². The molecule has 3 nitrogen and oxygen atoms in total. The molecule has 0 aliphatic heterocycles. The van der Waals surface area contributed by atoms with E-state index >= 15 is 0 Å². The van der Waals surface area contributed by atoms with Crippen LogP contribution < -0.4 is 5.32 Å². The normalized spacial score (nSPS) is 26.5. The lowest BCUT2D eigenvalue weighted by molar-refractivity contribution is -0.144. The predicted molar refractivity (Wildman–Crippen MR) is 69.8 cm³/mol. The van der Waals surface area contributed by atoms with Crippen LogP contribution in [0.15, 0.2) is 0 Å². The van der Waals surface area contributed by atoms with Gasteiger partial charge in [-0.25, -0.2) is 0 Å². The first kappa shape index (κ1) is 14.5. The Morgan fingerprint density at radius 2 is 1.88 bits per heavy atom. The van der Waals surface area contributed by atoms with E-state index in [1.54, 1.807) is 0 Å². The molecule has 1 atom stereocenters. The van der Waals surface area contributed by atoms with Gasteiger partial charge in [0.2, 0.25) is 0 Å². The summed E-state index contributed by atoms with van der Waals surface area (Å²) in [5, 5.41) is 3.40. The van der Waals surface area contributed by atoms with Crippen molar-refractivity contribution in [3.63, 3.8) is 0 Å². The number of hydrogen-bond acceptors (Lipinski definition) is 3. The fraction of sp³-hybridized carbons (Fsp3) is 0.929. The second-order valence-corrected chi connectivity index (χ2v) is 5.38. The third-order valence-corrected chi connectivity index (χ3v) is 4.03. The Morgan fingerprint density at radius 3 is 2.41 bits per heavy atom. The van der Waals surface area contributed by atoms with Crippen LogP contribution in [0.3, 0.4) is 0 Å². The topological polar surface area (TPSA) is 38.3 Å². The number of hydrogen-bond donors (Lipinski definition) is 1. The number of methoxy groups -OCH3 is 1. The summed E-state index contributed by atoms with van der Waals surface area (Å²) in [7, 11) is 1.45. The minimum absolute atomic E-state index is 0.0352. The fourth-order valence-electron chi connectivity index (χ4n) is 2.63. The Morgan fingerprint density at radius 1 is 1.29 bits per heavy atom. The number of carbonyl (C=O) groups excluding carboxylic acids is 1. The van der Waals surface area contributed by atoms with Crippen LogP contribution >= 0.6 is 0 Å². The lowest BCUT2D eigenvalue weighted by Crippen LogP contribution is -2.32. The number of ether oxygens (including phenoxy) is 1. The average Bonchev–Trinajstić information content (AvgIpc) is 2.38. The number of rotatable bonds is 6. The largest absolute Gasteiger partial charge is 0.469 e. The van der Waals surface area contributed by atoms with Crippen molar-refractivity contribution in [1.29, 1.82) is 0 Å². The molecule has 100 valence electrons. The monoisotopic (exact) mass is 241 g/mol. The molecule has 0 aromatic heterocycles. The molecule has 1 fully saturated rings. The first-order valence-electron chi connectivity index (χ1n) is 6.95. The van der Waals surface area contributed by atoms with Crippen LogP contribution in [0.4, 0.5) is 0 Å². The fourth-order valence-corrected chi connectivity index (χ4v) is 2.63. The van der Waals surface area contributed by atoms with Crippen LogP contribution in [-0.2, 0) is 9.53 Å². The minimum atomic E-state index is -0.118. The first-order valence-corrected chi connectivity index (χ1v) is 6.95. The third kappa shape index (κ3) is 5.07. The van der Waals surface area contributed by atoms with Gasteiger partial charge in [-0.05, 0) is 31.2 Å². The zero-order valence-corrected chi connectivity index (χ0v) is 11.5. The van der Waals surface area contributed by atoms with Crippen molar-refractivity contribution in [2.24, 2.45) is 17.8 Å². The Labute approximate surface area is 105 Å². The summed E-state index contributed by atoms with van der Waals surface area (Å²) in [6.07, 6.45) is 6.79. The molecule has 0 saturated heterocycles. The summed E-state index contributed by atoms with van der Waals surface area (Å²) >= 11 is 0. The van der Waals surface area contributed by atoms with E-state index in [2.05, 4.69) is 12.2 Å². The summed E-state index contributed by atoms with van der Waals surface area (Å²) in [6.45, 7) is 5.99. The zero-order chi connectivity index (χ0) is 12.7. The summed E-state index contributed by atoms with van der Waals surface area (Å²) in [6, 6.07) is 0. The van der Waals surface area contributed by atoms with E-state index in [4.69, 9.17) is 4.74 Å². The van der Waals surface area contributed by atoms with Crippen molar-refractivity contribution in [1.82, 2.24) is 5.32 Å².